The van der Waals surface area contributed by atoms with Crippen LogP contribution in [0.1, 0.15) is 15.9 Å². The van der Waals surface area contributed by atoms with E-state index >= 15 is 0 Å². The van der Waals surface area contributed by atoms with Gasteiger partial charge in [0.2, 0.25) is 0 Å². The maximum atomic E-state index is 12.1. The Morgan fingerprint density at radius 2 is 1.79 bits per heavy atom. The molecule has 0 unspecified atom stereocenters. The van der Waals surface area contributed by atoms with Gasteiger partial charge in [-0.2, -0.15) is 0 Å². The van der Waals surface area contributed by atoms with E-state index in [0.29, 0.717) is 11.3 Å². The molecular weight excluding hydrogens is 238 g/mol. The molecule has 2 rings (SSSR count). The monoisotopic (exact) mass is 255 g/mol. The lowest BCUT2D eigenvalue weighted by molar-refractivity contribution is 0.100. The lowest BCUT2D eigenvalue weighted by atomic mass is 10.1. The number of anilines is 1. The van der Waals surface area contributed by atoms with Gasteiger partial charge in [0.05, 0.1) is 19.2 Å². The van der Waals surface area contributed by atoms with Crippen LogP contribution >= 0.6 is 0 Å². The number of rotatable bonds is 5. The number of benzene rings is 2. The van der Waals surface area contributed by atoms with Crippen LogP contribution in [-0.2, 0) is 0 Å². The topological polar surface area (TPSA) is 38.3 Å². The van der Waals surface area contributed by atoms with Gasteiger partial charge in [0.1, 0.15) is 5.75 Å². The van der Waals surface area contributed by atoms with Crippen LogP contribution in [0.15, 0.2) is 48.5 Å². The third kappa shape index (κ3) is 3.35. The van der Waals surface area contributed by atoms with Gasteiger partial charge in [-0.15, -0.1) is 0 Å². The molecule has 0 saturated carbocycles. The second-order valence-corrected chi connectivity index (χ2v) is 4.34. The maximum Gasteiger partial charge on any atom is 0.185 e. The summed E-state index contributed by atoms with van der Waals surface area (Å²) in [5, 5.41) is 3.12. The largest absolute Gasteiger partial charge is 0.496 e. The number of ketones is 1. The minimum Gasteiger partial charge on any atom is -0.496 e. The zero-order valence-corrected chi connectivity index (χ0v) is 11.1. The molecule has 0 saturated heterocycles. The van der Waals surface area contributed by atoms with Crippen molar-refractivity contribution in [3.8, 4) is 5.75 Å². The molecule has 3 heteroatoms. The van der Waals surface area contributed by atoms with Crippen LogP contribution in [0, 0.1) is 6.92 Å². The van der Waals surface area contributed by atoms with Gasteiger partial charge in [-0.1, -0.05) is 29.8 Å². The van der Waals surface area contributed by atoms with E-state index in [2.05, 4.69) is 5.32 Å². The Morgan fingerprint density at radius 3 is 2.47 bits per heavy atom. The molecule has 19 heavy (non-hydrogen) atoms. The van der Waals surface area contributed by atoms with Gasteiger partial charge in [-0.05, 0) is 31.2 Å². The van der Waals surface area contributed by atoms with Crippen molar-refractivity contribution in [2.75, 3.05) is 19.0 Å². The fourth-order valence-corrected chi connectivity index (χ4v) is 1.82. The first-order valence-electron chi connectivity index (χ1n) is 6.17. The van der Waals surface area contributed by atoms with Crippen LogP contribution in [0.3, 0.4) is 0 Å². The number of carbonyl (C=O) groups is 1. The average molecular weight is 255 g/mol. The highest BCUT2D eigenvalue weighted by molar-refractivity contribution is 6.01. The molecule has 2 aromatic carbocycles. The van der Waals surface area contributed by atoms with Crippen molar-refractivity contribution >= 4 is 11.5 Å². The molecule has 0 aromatic heterocycles. The van der Waals surface area contributed by atoms with Crippen molar-refractivity contribution in [2.24, 2.45) is 0 Å². The Labute approximate surface area is 113 Å². The molecule has 0 spiro atoms. The highest BCUT2D eigenvalue weighted by atomic mass is 16.5. The van der Waals surface area contributed by atoms with E-state index in [9.17, 15) is 4.79 Å². The van der Waals surface area contributed by atoms with Crippen molar-refractivity contribution in [1.29, 1.82) is 0 Å². The molecule has 0 bridgehead atoms. The van der Waals surface area contributed by atoms with Gasteiger partial charge >= 0.3 is 0 Å². The Hall–Kier alpha value is -2.29. The van der Waals surface area contributed by atoms with E-state index in [1.165, 1.54) is 5.56 Å². The van der Waals surface area contributed by atoms with E-state index in [1.54, 1.807) is 19.2 Å². The molecule has 1 N–H and O–H groups in total. The smallest absolute Gasteiger partial charge is 0.185 e. The first kappa shape index (κ1) is 13.1. The molecule has 2 aromatic rings. The number of carbonyl (C=O) groups excluding carboxylic acids is 1. The number of Topliss-reactive ketones (excluding diaryl/α,β-unsaturated/α-hetero) is 1. The minimum absolute atomic E-state index is 0.0121. The summed E-state index contributed by atoms with van der Waals surface area (Å²) in [7, 11) is 1.57. The Bertz CT molecular complexity index is 561. The SMILES string of the molecule is COc1ccccc1C(=O)CNc1ccc(C)cc1. The summed E-state index contributed by atoms with van der Waals surface area (Å²) in [6.45, 7) is 2.28. The molecule has 0 fully saturated rings. The third-order valence-corrected chi connectivity index (χ3v) is 2.91. The van der Waals surface area contributed by atoms with E-state index in [-0.39, 0.29) is 12.3 Å². The molecule has 0 radical (unpaired) electrons. The average Bonchev–Trinajstić information content (AvgIpc) is 2.46. The molecule has 0 heterocycles. The summed E-state index contributed by atoms with van der Waals surface area (Å²) in [6, 6.07) is 15.2. The van der Waals surface area contributed by atoms with Crippen LogP contribution in [0.2, 0.25) is 0 Å². The lowest BCUT2D eigenvalue weighted by Crippen LogP contribution is -2.14. The molecule has 98 valence electrons. The highest BCUT2D eigenvalue weighted by Crippen LogP contribution is 2.18. The van der Waals surface area contributed by atoms with Crippen molar-refractivity contribution in [3.05, 3.63) is 59.7 Å². The highest BCUT2D eigenvalue weighted by Gasteiger charge is 2.10. The van der Waals surface area contributed by atoms with Crippen LogP contribution in [0.25, 0.3) is 0 Å². The number of nitrogens with one attached hydrogen (secondary N) is 1. The van der Waals surface area contributed by atoms with Gasteiger partial charge in [0.25, 0.3) is 0 Å². The summed E-state index contributed by atoms with van der Waals surface area (Å²) in [6.07, 6.45) is 0. The summed E-state index contributed by atoms with van der Waals surface area (Å²) in [5.41, 5.74) is 2.74. The summed E-state index contributed by atoms with van der Waals surface area (Å²) >= 11 is 0. The Morgan fingerprint density at radius 1 is 1.11 bits per heavy atom. The number of hydrogen-bond donors (Lipinski definition) is 1. The number of hydrogen-bond acceptors (Lipinski definition) is 3. The second kappa shape index (κ2) is 6.05. The number of methoxy groups -OCH3 is 1. The van der Waals surface area contributed by atoms with Gasteiger partial charge in [0, 0.05) is 5.69 Å². The Balaban J connectivity index is 2.03. The minimum atomic E-state index is 0.0121. The Kier molecular flexibility index (Phi) is 4.18. The quantitative estimate of drug-likeness (QED) is 0.833. The fourth-order valence-electron chi connectivity index (χ4n) is 1.82. The maximum absolute atomic E-state index is 12.1. The van der Waals surface area contributed by atoms with Crippen LogP contribution < -0.4 is 10.1 Å². The zero-order chi connectivity index (χ0) is 13.7. The molecule has 0 aliphatic rings. The van der Waals surface area contributed by atoms with E-state index in [4.69, 9.17) is 4.74 Å². The van der Waals surface area contributed by atoms with Crippen LogP contribution in [-0.4, -0.2) is 19.4 Å². The summed E-state index contributed by atoms with van der Waals surface area (Å²) < 4.78 is 5.19. The van der Waals surface area contributed by atoms with Crippen molar-refractivity contribution in [1.82, 2.24) is 0 Å². The van der Waals surface area contributed by atoms with E-state index < -0.39 is 0 Å². The standard InChI is InChI=1S/C16H17NO2/c1-12-7-9-13(10-8-12)17-11-15(18)14-5-3-4-6-16(14)19-2/h3-10,17H,11H2,1-2H3. The number of aryl methyl sites for hydroxylation is 1. The van der Waals surface area contributed by atoms with Gasteiger partial charge in [0.15, 0.2) is 5.78 Å². The predicted molar refractivity (Wildman–Crippen MR) is 77.0 cm³/mol. The van der Waals surface area contributed by atoms with E-state index in [1.807, 2.05) is 43.3 Å². The lowest BCUT2D eigenvalue weighted by Gasteiger charge is -2.09. The zero-order valence-electron chi connectivity index (χ0n) is 11.1. The number of ether oxygens (including phenoxy) is 1. The van der Waals surface area contributed by atoms with Gasteiger partial charge < -0.3 is 10.1 Å². The number of para-hydroxylation sites is 1. The van der Waals surface area contributed by atoms with Crippen LogP contribution in [0.4, 0.5) is 5.69 Å². The first-order chi connectivity index (χ1) is 9.20. The first-order valence-corrected chi connectivity index (χ1v) is 6.17. The third-order valence-electron chi connectivity index (χ3n) is 2.91. The van der Waals surface area contributed by atoms with Crippen LogP contribution in [0.5, 0.6) is 5.75 Å². The summed E-state index contributed by atoms with van der Waals surface area (Å²) in [4.78, 5) is 12.1. The molecule has 0 amide bonds. The molecular formula is C16H17NO2. The molecule has 0 aliphatic carbocycles. The summed E-state index contributed by atoms with van der Waals surface area (Å²) in [5.74, 6) is 0.622. The van der Waals surface area contributed by atoms with Crippen molar-refractivity contribution in [3.63, 3.8) is 0 Å². The molecule has 3 nitrogen and oxygen atoms in total. The predicted octanol–water partition coefficient (Wildman–Crippen LogP) is 3.30. The fraction of sp³-hybridized carbons (Fsp3) is 0.188. The van der Waals surface area contributed by atoms with Gasteiger partial charge in [-0.3, -0.25) is 4.79 Å². The van der Waals surface area contributed by atoms with E-state index in [0.717, 1.165) is 5.69 Å². The molecule has 0 atom stereocenters. The van der Waals surface area contributed by atoms with Gasteiger partial charge in [-0.25, -0.2) is 0 Å². The van der Waals surface area contributed by atoms with Crippen molar-refractivity contribution < 1.29 is 9.53 Å². The normalized spacial score (nSPS) is 10.0. The second-order valence-electron chi connectivity index (χ2n) is 4.34. The molecule has 0 aliphatic heterocycles. The van der Waals surface area contributed by atoms with Crippen molar-refractivity contribution in [2.45, 2.75) is 6.92 Å².